The van der Waals surface area contributed by atoms with E-state index in [1.165, 1.54) is 44.3 Å². The van der Waals surface area contributed by atoms with E-state index in [2.05, 4.69) is 27.2 Å². The van der Waals surface area contributed by atoms with Crippen molar-refractivity contribution in [2.45, 2.75) is 69.1 Å². The lowest BCUT2D eigenvalue weighted by atomic mass is 9.76. The molecule has 0 aliphatic heterocycles. The first-order valence-electron chi connectivity index (χ1n) is 7.96. The summed E-state index contributed by atoms with van der Waals surface area (Å²) in [5.74, 6) is 2.73. The molecule has 4 nitrogen and oxygen atoms in total. The number of hydrogen-bond donors (Lipinski definition) is 1. The van der Waals surface area contributed by atoms with Crippen molar-refractivity contribution in [3.05, 3.63) is 11.7 Å². The Balaban J connectivity index is 1.44. The third kappa shape index (κ3) is 3.19. The summed E-state index contributed by atoms with van der Waals surface area (Å²) in [7, 11) is 0. The molecule has 5 heteroatoms. The molecule has 1 N–H and O–H groups in total. The van der Waals surface area contributed by atoms with E-state index in [0.29, 0.717) is 5.89 Å². The molecule has 0 saturated heterocycles. The van der Waals surface area contributed by atoms with E-state index in [-0.39, 0.29) is 5.54 Å². The number of aryl methyl sites for hydroxylation is 1. The van der Waals surface area contributed by atoms with Crippen LogP contribution in [0.25, 0.3) is 0 Å². The van der Waals surface area contributed by atoms with Gasteiger partial charge in [0, 0.05) is 24.5 Å². The monoisotopic (exact) mass is 295 g/mol. The van der Waals surface area contributed by atoms with Gasteiger partial charge < -0.3 is 9.84 Å². The molecule has 0 bridgehead atoms. The average molecular weight is 295 g/mol. The van der Waals surface area contributed by atoms with E-state index in [1.807, 2.05) is 6.92 Å². The number of nitrogens with one attached hydrogen (secondary N) is 1. The maximum atomic E-state index is 5.14. The molecular formula is C15H25N3OS. The van der Waals surface area contributed by atoms with Gasteiger partial charge in [0.05, 0.1) is 5.54 Å². The average Bonchev–Trinajstić information content (AvgIpc) is 2.85. The fourth-order valence-electron chi connectivity index (χ4n) is 3.25. The quantitative estimate of drug-likeness (QED) is 0.815. The molecular weight excluding hydrogens is 270 g/mol. The van der Waals surface area contributed by atoms with Crippen LogP contribution in [0.1, 0.15) is 63.1 Å². The number of nitrogens with zero attached hydrogens (tertiary/aromatic N) is 2. The lowest BCUT2D eigenvalue weighted by Gasteiger charge is -2.40. The van der Waals surface area contributed by atoms with Gasteiger partial charge in [-0.05, 0) is 32.1 Å². The largest absolute Gasteiger partial charge is 0.340 e. The van der Waals surface area contributed by atoms with Crippen LogP contribution in [0.2, 0.25) is 0 Å². The molecule has 0 atom stereocenters. The minimum atomic E-state index is 0.00485. The number of hydrogen-bond acceptors (Lipinski definition) is 5. The maximum absolute atomic E-state index is 5.14. The molecule has 0 aromatic carbocycles. The summed E-state index contributed by atoms with van der Waals surface area (Å²) >= 11 is 2.15. The second kappa shape index (κ2) is 6.48. The van der Waals surface area contributed by atoms with Crippen molar-refractivity contribution >= 4 is 11.8 Å². The molecule has 2 fully saturated rings. The first-order valence-corrected chi connectivity index (χ1v) is 9.01. The Morgan fingerprint density at radius 3 is 2.65 bits per heavy atom. The van der Waals surface area contributed by atoms with Crippen molar-refractivity contribution in [2.75, 3.05) is 12.3 Å². The van der Waals surface area contributed by atoms with Gasteiger partial charge in [-0.25, -0.2) is 0 Å². The molecule has 1 heterocycles. The molecule has 2 aliphatic carbocycles. The summed E-state index contributed by atoms with van der Waals surface area (Å²) in [5, 5.41) is 8.72. The Labute approximate surface area is 125 Å². The Morgan fingerprint density at radius 2 is 2.05 bits per heavy atom. The minimum absolute atomic E-state index is 0.00485. The fraction of sp³-hybridized carbons (Fsp3) is 0.867. The molecule has 1 aromatic rings. The van der Waals surface area contributed by atoms with Crippen LogP contribution in [-0.2, 0) is 5.54 Å². The second-order valence-electron chi connectivity index (χ2n) is 6.13. The SMILES string of the molecule is Cc1nc(C2(NCCSC3CCCCC3)CCC2)no1. The number of aromatic nitrogens is 2. The molecule has 0 spiro atoms. The smallest absolute Gasteiger partial charge is 0.223 e. The van der Waals surface area contributed by atoms with Crippen molar-refractivity contribution in [3.63, 3.8) is 0 Å². The van der Waals surface area contributed by atoms with E-state index in [9.17, 15) is 0 Å². The van der Waals surface area contributed by atoms with E-state index in [0.717, 1.165) is 30.5 Å². The van der Waals surface area contributed by atoms with Gasteiger partial charge in [0.15, 0.2) is 5.82 Å². The van der Waals surface area contributed by atoms with E-state index >= 15 is 0 Å². The molecule has 1 aromatic heterocycles. The van der Waals surface area contributed by atoms with Gasteiger partial charge in [0.25, 0.3) is 0 Å². The van der Waals surface area contributed by atoms with Crippen molar-refractivity contribution in [1.29, 1.82) is 0 Å². The number of thioether (sulfide) groups is 1. The third-order valence-electron chi connectivity index (χ3n) is 4.63. The van der Waals surface area contributed by atoms with Crippen LogP contribution < -0.4 is 5.32 Å². The van der Waals surface area contributed by atoms with Gasteiger partial charge >= 0.3 is 0 Å². The van der Waals surface area contributed by atoms with Gasteiger partial charge in [0.2, 0.25) is 5.89 Å². The van der Waals surface area contributed by atoms with Crippen LogP contribution in [0.4, 0.5) is 0 Å². The zero-order valence-corrected chi connectivity index (χ0v) is 13.2. The third-order valence-corrected chi connectivity index (χ3v) is 6.02. The lowest BCUT2D eigenvalue weighted by Crippen LogP contribution is -2.49. The van der Waals surface area contributed by atoms with Crippen molar-refractivity contribution < 1.29 is 4.52 Å². The van der Waals surface area contributed by atoms with Crippen LogP contribution in [0, 0.1) is 6.92 Å². The van der Waals surface area contributed by atoms with Crippen LogP contribution in [-0.4, -0.2) is 27.7 Å². The Morgan fingerprint density at radius 1 is 1.25 bits per heavy atom. The first-order chi connectivity index (χ1) is 9.78. The van der Waals surface area contributed by atoms with Crippen molar-refractivity contribution in [1.82, 2.24) is 15.5 Å². The molecule has 2 aliphatic rings. The first kappa shape index (κ1) is 14.4. The molecule has 0 amide bonds. The number of rotatable bonds is 6. The van der Waals surface area contributed by atoms with Gasteiger partial charge in [-0.1, -0.05) is 24.4 Å². The molecule has 0 radical (unpaired) electrons. The Bertz CT molecular complexity index is 425. The Kier molecular flexibility index (Phi) is 4.66. The van der Waals surface area contributed by atoms with Crippen LogP contribution in [0.5, 0.6) is 0 Å². The predicted octanol–water partition coefficient (Wildman–Crippen LogP) is 3.41. The van der Waals surface area contributed by atoms with E-state index < -0.39 is 0 Å². The predicted molar refractivity (Wildman–Crippen MR) is 81.9 cm³/mol. The van der Waals surface area contributed by atoms with E-state index in [1.54, 1.807) is 0 Å². The molecule has 3 rings (SSSR count). The molecule has 0 unspecified atom stereocenters. The molecule has 2 saturated carbocycles. The van der Waals surface area contributed by atoms with Gasteiger partial charge in [-0.3, -0.25) is 0 Å². The zero-order chi connectivity index (χ0) is 13.8. The maximum Gasteiger partial charge on any atom is 0.223 e. The topological polar surface area (TPSA) is 51.0 Å². The van der Waals surface area contributed by atoms with Crippen molar-refractivity contribution in [2.24, 2.45) is 0 Å². The van der Waals surface area contributed by atoms with Gasteiger partial charge in [0.1, 0.15) is 0 Å². The molecule has 112 valence electrons. The van der Waals surface area contributed by atoms with Gasteiger partial charge in [-0.2, -0.15) is 16.7 Å². The highest BCUT2D eigenvalue weighted by atomic mass is 32.2. The summed E-state index contributed by atoms with van der Waals surface area (Å²) in [6.07, 6.45) is 10.7. The lowest BCUT2D eigenvalue weighted by molar-refractivity contribution is 0.171. The van der Waals surface area contributed by atoms with E-state index in [4.69, 9.17) is 4.52 Å². The van der Waals surface area contributed by atoms with Crippen LogP contribution >= 0.6 is 11.8 Å². The standard InChI is InChI=1S/C15H25N3OS/c1-12-17-14(18-19-12)15(8-5-9-15)16-10-11-20-13-6-3-2-4-7-13/h13,16H,2-11H2,1H3. The molecule has 20 heavy (non-hydrogen) atoms. The summed E-state index contributed by atoms with van der Waals surface area (Å²) < 4.78 is 5.14. The summed E-state index contributed by atoms with van der Waals surface area (Å²) in [5.41, 5.74) is 0.00485. The Hall–Kier alpha value is -0.550. The second-order valence-corrected chi connectivity index (χ2v) is 7.54. The summed E-state index contributed by atoms with van der Waals surface area (Å²) in [4.78, 5) is 4.43. The van der Waals surface area contributed by atoms with Gasteiger partial charge in [-0.15, -0.1) is 0 Å². The van der Waals surface area contributed by atoms with Crippen molar-refractivity contribution in [3.8, 4) is 0 Å². The highest BCUT2D eigenvalue weighted by molar-refractivity contribution is 7.99. The summed E-state index contributed by atoms with van der Waals surface area (Å²) in [6, 6.07) is 0. The highest BCUT2D eigenvalue weighted by Crippen LogP contribution is 2.39. The normalized spacial score (nSPS) is 22.6. The van der Waals surface area contributed by atoms with Crippen LogP contribution in [0.3, 0.4) is 0 Å². The fourth-order valence-corrected chi connectivity index (χ4v) is 4.47. The zero-order valence-electron chi connectivity index (χ0n) is 12.4. The minimum Gasteiger partial charge on any atom is -0.340 e. The van der Waals surface area contributed by atoms with Crippen LogP contribution in [0.15, 0.2) is 4.52 Å². The summed E-state index contributed by atoms with van der Waals surface area (Å²) in [6.45, 7) is 2.91. The highest BCUT2D eigenvalue weighted by Gasteiger charge is 2.42.